The lowest BCUT2D eigenvalue weighted by Gasteiger charge is -2.38. The molecule has 2 bridgehead atoms. The predicted molar refractivity (Wildman–Crippen MR) is 131 cm³/mol. The van der Waals surface area contributed by atoms with Crippen molar-refractivity contribution in [3.63, 3.8) is 0 Å². The number of aliphatic hydroxyl groups excluding tert-OH is 1. The van der Waals surface area contributed by atoms with E-state index >= 15 is 0 Å². The SMILES string of the molecule is COc1ccc(CNc2nnc(N3C4CCC3CC(O)C4)c3ccc(C#N)cc23)cc1C#N.Cl. The van der Waals surface area contributed by atoms with Gasteiger partial charge in [-0.15, -0.1) is 22.6 Å². The summed E-state index contributed by atoms with van der Waals surface area (Å²) in [6.45, 7) is 0.444. The van der Waals surface area contributed by atoms with Gasteiger partial charge in [0.25, 0.3) is 0 Å². The van der Waals surface area contributed by atoms with Crippen molar-refractivity contribution in [2.45, 2.75) is 50.4 Å². The number of benzene rings is 2. The highest BCUT2D eigenvalue weighted by atomic mass is 35.5. The maximum Gasteiger partial charge on any atom is 0.159 e. The van der Waals surface area contributed by atoms with Crippen LogP contribution >= 0.6 is 12.4 Å². The van der Waals surface area contributed by atoms with Crippen molar-refractivity contribution in [1.29, 1.82) is 10.5 Å². The molecular weight excluding hydrogens is 452 g/mol. The first-order chi connectivity index (χ1) is 16.1. The van der Waals surface area contributed by atoms with Crippen molar-refractivity contribution in [2.24, 2.45) is 0 Å². The lowest BCUT2D eigenvalue weighted by Crippen LogP contribution is -2.45. The minimum absolute atomic E-state index is 0. The van der Waals surface area contributed by atoms with E-state index in [1.54, 1.807) is 25.3 Å². The Morgan fingerprint density at radius 1 is 1.06 bits per heavy atom. The third-order valence-corrected chi connectivity index (χ3v) is 6.69. The Labute approximate surface area is 204 Å². The van der Waals surface area contributed by atoms with Gasteiger partial charge in [-0.25, -0.2) is 0 Å². The Kier molecular flexibility index (Phi) is 6.74. The molecule has 2 aliphatic heterocycles. The quantitative estimate of drug-likeness (QED) is 0.569. The minimum atomic E-state index is -0.257. The summed E-state index contributed by atoms with van der Waals surface area (Å²) in [4.78, 5) is 2.32. The largest absolute Gasteiger partial charge is 0.495 e. The molecule has 2 fully saturated rings. The van der Waals surface area contributed by atoms with Crippen LogP contribution in [-0.2, 0) is 6.54 Å². The number of rotatable bonds is 5. The summed E-state index contributed by atoms with van der Waals surface area (Å²) < 4.78 is 5.22. The Hall–Kier alpha value is -3.59. The lowest BCUT2D eigenvalue weighted by atomic mass is 9.99. The smallest absolute Gasteiger partial charge is 0.159 e. The molecule has 2 N–H and O–H groups in total. The number of piperidine rings is 1. The highest BCUT2D eigenvalue weighted by Crippen LogP contribution is 2.41. The Morgan fingerprint density at radius 2 is 1.82 bits per heavy atom. The molecule has 1 aromatic heterocycles. The maximum atomic E-state index is 10.2. The molecule has 0 spiro atoms. The van der Waals surface area contributed by atoms with Crippen LogP contribution in [0.5, 0.6) is 5.75 Å². The second-order valence-electron chi connectivity index (χ2n) is 8.66. The van der Waals surface area contributed by atoms with Crippen LogP contribution in [0.1, 0.15) is 42.4 Å². The molecule has 34 heavy (non-hydrogen) atoms. The van der Waals surface area contributed by atoms with E-state index in [2.05, 4.69) is 32.6 Å². The molecule has 2 saturated heterocycles. The summed E-state index contributed by atoms with van der Waals surface area (Å²) in [5, 5.41) is 43.2. The second-order valence-corrected chi connectivity index (χ2v) is 8.66. The molecule has 2 unspecified atom stereocenters. The zero-order valence-electron chi connectivity index (χ0n) is 18.7. The van der Waals surface area contributed by atoms with Crippen molar-refractivity contribution in [1.82, 2.24) is 10.2 Å². The average molecular weight is 477 g/mol. The van der Waals surface area contributed by atoms with Gasteiger partial charge in [0, 0.05) is 29.4 Å². The average Bonchev–Trinajstić information content (AvgIpc) is 3.11. The van der Waals surface area contributed by atoms with E-state index in [1.165, 1.54) is 0 Å². The topological polar surface area (TPSA) is 118 Å². The van der Waals surface area contributed by atoms with Crippen LogP contribution < -0.4 is 15.0 Å². The zero-order valence-corrected chi connectivity index (χ0v) is 19.5. The zero-order chi connectivity index (χ0) is 22.9. The van der Waals surface area contributed by atoms with E-state index in [0.717, 1.165) is 47.8 Å². The third-order valence-electron chi connectivity index (χ3n) is 6.69. The van der Waals surface area contributed by atoms with Crippen LogP contribution in [0, 0.1) is 22.7 Å². The fourth-order valence-electron chi connectivity index (χ4n) is 5.16. The molecule has 174 valence electrons. The molecule has 0 radical (unpaired) electrons. The highest BCUT2D eigenvalue weighted by molar-refractivity contribution is 5.99. The van der Waals surface area contributed by atoms with Crippen molar-refractivity contribution < 1.29 is 9.84 Å². The van der Waals surface area contributed by atoms with Gasteiger partial charge in [-0.05, 0) is 61.6 Å². The normalized spacial score (nSPS) is 20.8. The van der Waals surface area contributed by atoms with Crippen LogP contribution in [0.25, 0.3) is 10.8 Å². The van der Waals surface area contributed by atoms with Crippen molar-refractivity contribution in [2.75, 3.05) is 17.3 Å². The first-order valence-corrected chi connectivity index (χ1v) is 11.1. The molecule has 9 heteroatoms. The number of fused-ring (bicyclic) bond motifs is 3. The number of hydrogen-bond acceptors (Lipinski definition) is 8. The van der Waals surface area contributed by atoms with Crippen LogP contribution in [0.15, 0.2) is 36.4 Å². The van der Waals surface area contributed by atoms with Crippen LogP contribution in [0.2, 0.25) is 0 Å². The molecule has 8 nitrogen and oxygen atoms in total. The van der Waals surface area contributed by atoms with Crippen molar-refractivity contribution in [3.8, 4) is 17.9 Å². The summed E-state index contributed by atoms with van der Waals surface area (Å²) in [5.41, 5.74) is 1.93. The molecule has 0 amide bonds. The van der Waals surface area contributed by atoms with Gasteiger partial charge in [0.2, 0.25) is 0 Å². The highest BCUT2D eigenvalue weighted by Gasteiger charge is 2.41. The molecule has 0 aliphatic carbocycles. The van der Waals surface area contributed by atoms with Gasteiger partial charge in [-0.3, -0.25) is 0 Å². The summed E-state index contributed by atoms with van der Waals surface area (Å²) in [7, 11) is 1.54. The predicted octanol–water partition coefficient (Wildman–Crippen LogP) is 3.91. The lowest BCUT2D eigenvalue weighted by molar-refractivity contribution is 0.126. The minimum Gasteiger partial charge on any atom is -0.495 e. The van der Waals surface area contributed by atoms with Gasteiger partial charge in [-0.1, -0.05) is 6.07 Å². The van der Waals surface area contributed by atoms with Gasteiger partial charge < -0.3 is 20.1 Å². The number of aliphatic hydroxyl groups is 1. The molecule has 2 atom stereocenters. The first kappa shape index (κ1) is 23.6. The van der Waals surface area contributed by atoms with Gasteiger partial charge >= 0.3 is 0 Å². The molecule has 5 rings (SSSR count). The first-order valence-electron chi connectivity index (χ1n) is 11.1. The number of ether oxygens (including phenoxy) is 1. The van der Waals surface area contributed by atoms with E-state index in [1.807, 2.05) is 18.2 Å². The molecule has 3 aromatic rings. The molecule has 0 saturated carbocycles. The summed E-state index contributed by atoms with van der Waals surface area (Å²) in [6, 6.07) is 15.9. The number of methoxy groups -OCH3 is 1. The van der Waals surface area contributed by atoms with Crippen molar-refractivity contribution in [3.05, 3.63) is 53.1 Å². The molecule has 2 aliphatic rings. The van der Waals surface area contributed by atoms with Crippen LogP contribution in [-0.4, -0.2) is 40.6 Å². The molecular formula is C25H25ClN6O2. The fourth-order valence-corrected chi connectivity index (χ4v) is 5.16. The maximum absolute atomic E-state index is 10.2. The summed E-state index contributed by atoms with van der Waals surface area (Å²) in [5.74, 6) is 1.94. The number of aromatic nitrogens is 2. The van der Waals surface area contributed by atoms with Crippen LogP contribution in [0.3, 0.4) is 0 Å². The summed E-state index contributed by atoms with van der Waals surface area (Å²) >= 11 is 0. The number of anilines is 2. The van der Waals surface area contributed by atoms with E-state index in [4.69, 9.17) is 4.74 Å². The number of nitriles is 2. The van der Waals surface area contributed by atoms with Crippen LogP contribution in [0.4, 0.5) is 11.6 Å². The fraction of sp³-hybridized carbons (Fsp3) is 0.360. The van der Waals surface area contributed by atoms with E-state index in [9.17, 15) is 15.6 Å². The van der Waals surface area contributed by atoms with E-state index < -0.39 is 0 Å². The Morgan fingerprint density at radius 3 is 2.50 bits per heavy atom. The van der Waals surface area contributed by atoms with Gasteiger partial charge in [0.05, 0.1) is 30.4 Å². The number of hydrogen-bond donors (Lipinski definition) is 2. The van der Waals surface area contributed by atoms with E-state index in [-0.39, 0.29) is 30.6 Å². The Bertz CT molecular complexity index is 1290. The van der Waals surface area contributed by atoms with Gasteiger partial charge in [0.15, 0.2) is 11.6 Å². The second kappa shape index (κ2) is 9.72. The molecule has 2 aromatic carbocycles. The number of nitrogens with one attached hydrogen (secondary N) is 1. The van der Waals surface area contributed by atoms with E-state index in [0.29, 0.717) is 29.2 Å². The standard InChI is InChI=1S/C25H24N6O2.ClH/c1-33-23-7-3-16(8-17(23)13-27)14-28-24-22-9-15(12-26)2-6-21(22)25(30-29-24)31-18-4-5-19(31)11-20(32)10-18;/h2-3,6-9,18-20,32H,4-5,10-11,14H2,1H3,(H,28,29);1H. The molecule has 3 heterocycles. The third kappa shape index (κ3) is 4.19. The summed E-state index contributed by atoms with van der Waals surface area (Å²) in [6.07, 6.45) is 3.31. The number of halogens is 1. The number of nitrogens with zero attached hydrogens (tertiary/aromatic N) is 5. The van der Waals surface area contributed by atoms with Gasteiger partial charge in [0.1, 0.15) is 11.8 Å². The Balaban J connectivity index is 0.00000274. The van der Waals surface area contributed by atoms with Crippen molar-refractivity contribution >= 4 is 34.8 Å². The monoisotopic (exact) mass is 476 g/mol. The van der Waals surface area contributed by atoms with Gasteiger partial charge in [-0.2, -0.15) is 10.5 Å².